The van der Waals surface area contributed by atoms with Crippen molar-refractivity contribution < 1.29 is 28.3 Å². The van der Waals surface area contributed by atoms with Crippen LogP contribution in [-0.2, 0) is 20.0 Å². The van der Waals surface area contributed by atoms with Gasteiger partial charge in [0.2, 0.25) is 11.8 Å². The topological polar surface area (TPSA) is 123 Å². The maximum Gasteiger partial charge on any atom is 0.264 e. The minimum atomic E-state index is -3.07. The van der Waals surface area contributed by atoms with Gasteiger partial charge in [0.15, 0.2) is 5.60 Å². The van der Waals surface area contributed by atoms with E-state index in [-0.39, 0.29) is 25.3 Å². The van der Waals surface area contributed by atoms with Gasteiger partial charge < -0.3 is 20.6 Å². The Morgan fingerprint density at radius 3 is 2.40 bits per heavy atom. The molecule has 2 heterocycles. The lowest BCUT2D eigenvalue weighted by molar-refractivity contribution is -0.153. The van der Waals surface area contributed by atoms with Gasteiger partial charge in [-0.05, 0) is 42.7 Å². The Bertz CT molecular complexity index is 1380. The van der Waals surface area contributed by atoms with E-state index >= 15 is 0 Å². The molecule has 3 N–H and O–H groups in total. The highest BCUT2D eigenvalue weighted by Crippen LogP contribution is 2.54. The fraction of sp³-hybridized carbons (Fsp3) is 0.467. The molecule has 0 bridgehead atoms. The maximum absolute atomic E-state index is 15.0. The van der Waals surface area contributed by atoms with Crippen LogP contribution in [0.2, 0.25) is 0 Å². The van der Waals surface area contributed by atoms with Crippen molar-refractivity contribution in [2.24, 2.45) is 17.8 Å². The molecule has 0 spiro atoms. The van der Waals surface area contributed by atoms with Gasteiger partial charge in [0, 0.05) is 42.5 Å². The van der Waals surface area contributed by atoms with Crippen molar-refractivity contribution in [3.63, 3.8) is 0 Å². The van der Waals surface area contributed by atoms with Crippen molar-refractivity contribution in [1.29, 1.82) is 5.26 Å². The van der Waals surface area contributed by atoms with E-state index in [1.807, 2.05) is 6.07 Å². The van der Waals surface area contributed by atoms with Crippen molar-refractivity contribution in [2.45, 2.75) is 55.7 Å². The van der Waals surface area contributed by atoms with Crippen LogP contribution in [0.4, 0.5) is 8.78 Å². The van der Waals surface area contributed by atoms with E-state index in [1.165, 1.54) is 0 Å². The first kappa shape index (κ1) is 26.4. The van der Waals surface area contributed by atoms with E-state index in [4.69, 9.17) is 0 Å². The Hall–Kier alpha value is -3.84. The molecule has 208 valence electrons. The second-order valence-electron chi connectivity index (χ2n) is 11.3. The number of amides is 3. The van der Waals surface area contributed by atoms with Gasteiger partial charge in [-0.25, -0.2) is 8.78 Å². The first-order chi connectivity index (χ1) is 19.2. The molecule has 0 aromatic heterocycles. The number of aliphatic hydroxyl groups is 1. The molecule has 6 rings (SSSR count). The van der Waals surface area contributed by atoms with Crippen LogP contribution in [0.25, 0.3) is 11.1 Å². The number of hydrogen-bond acceptors (Lipinski definition) is 5. The Balaban J connectivity index is 1.33. The molecule has 1 saturated carbocycles. The fourth-order valence-electron chi connectivity index (χ4n) is 7.20. The molecule has 0 unspecified atom stereocenters. The summed E-state index contributed by atoms with van der Waals surface area (Å²) in [5, 5.41) is 27.3. The molecule has 3 amide bonds. The lowest BCUT2D eigenvalue weighted by atomic mass is 9.88. The van der Waals surface area contributed by atoms with E-state index < -0.39 is 59.6 Å². The summed E-state index contributed by atoms with van der Waals surface area (Å²) in [7, 11) is 0. The van der Waals surface area contributed by atoms with Gasteiger partial charge in [-0.1, -0.05) is 48.5 Å². The summed E-state index contributed by atoms with van der Waals surface area (Å²) in [4.78, 5) is 41.4. The molecular weight excluding hydrogens is 518 g/mol. The maximum atomic E-state index is 15.0. The van der Waals surface area contributed by atoms with Gasteiger partial charge in [0.25, 0.3) is 11.8 Å². The largest absolute Gasteiger partial charge is 0.372 e. The number of nitriles is 1. The van der Waals surface area contributed by atoms with Gasteiger partial charge in [-0.2, -0.15) is 5.26 Å². The Morgan fingerprint density at radius 1 is 1.12 bits per heavy atom. The predicted octanol–water partition coefficient (Wildman–Crippen LogP) is 2.70. The highest BCUT2D eigenvalue weighted by atomic mass is 19.3. The Morgan fingerprint density at radius 2 is 1.77 bits per heavy atom. The molecule has 8 nitrogen and oxygen atoms in total. The van der Waals surface area contributed by atoms with Crippen molar-refractivity contribution in [3.8, 4) is 17.2 Å². The molecule has 2 aliphatic carbocycles. The molecule has 2 aromatic rings. The number of piperidine rings is 1. The van der Waals surface area contributed by atoms with Gasteiger partial charge >= 0.3 is 0 Å². The standard InChI is InChI=1S/C30H30F2N4O4/c31-29(32)12-11-21-24(29)16-36(25(21)27(38)35-18(15-33)14-17-6-5-13-34-26(17)37)28(39)30(40)22-9-3-1-7-19(22)20-8-2-4-10-23(20)30/h1-4,7-10,17-18,21,24-25,40H,5-6,11-14,16H2,(H,34,37)(H,35,38)/t17-,18-,21-,24-,25-/m1/s1. The monoisotopic (exact) mass is 548 g/mol. The second-order valence-corrected chi connectivity index (χ2v) is 11.3. The molecule has 2 saturated heterocycles. The van der Waals surface area contributed by atoms with Crippen molar-refractivity contribution >= 4 is 17.7 Å². The van der Waals surface area contributed by atoms with E-state index in [0.717, 1.165) is 11.3 Å². The third-order valence-corrected chi connectivity index (χ3v) is 9.16. The summed E-state index contributed by atoms with van der Waals surface area (Å²) < 4.78 is 30.0. The van der Waals surface area contributed by atoms with Crippen LogP contribution in [-0.4, -0.2) is 58.8 Å². The number of hydrogen-bond donors (Lipinski definition) is 3. The third-order valence-electron chi connectivity index (χ3n) is 9.16. The SMILES string of the molecule is N#C[C@@H](C[C@H]1CCCNC1=O)NC(=O)[C@H]1[C@@H]2CCC(F)(F)[C@@H]2CN1C(=O)C1(O)c2ccccc2-c2ccccc21. The smallest absolute Gasteiger partial charge is 0.264 e. The molecule has 5 atom stereocenters. The summed E-state index contributed by atoms with van der Waals surface area (Å²) in [5.74, 6) is -7.33. The van der Waals surface area contributed by atoms with Crippen LogP contribution in [0.3, 0.4) is 0 Å². The second kappa shape index (κ2) is 9.66. The van der Waals surface area contributed by atoms with Crippen LogP contribution in [0.5, 0.6) is 0 Å². The minimum absolute atomic E-state index is 0.0351. The van der Waals surface area contributed by atoms with Crippen LogP contribution in [0, 0.1) is 29.1 Å². The van der Waals surface area contributed by atoms with E-state index in [1.54, 1.807) is 48.5 Å². The summed E-state index contributed by atoms with van der Waals surface area (Å²) in [6, 6.07) is 13.5. The highest BCUT2D eigenvalue weighted by molar-refractivity contribution is 6.01. The highest BCUT2D eigenvalue weighted by Gasteiger charge is 2.63. The van der Waals surface area contributed by atoms with E-state index in [9.17, 15) is 33.5 Å². The normalized spacial score (nSPS) is 28.1. The molecule has 40 heavy (non-hydrogen) atoms. The fourth-order valence-corrected chi connectivity index (χ4v) is 7.20. The number of fused-ring (bicyclic) bond motifs is 4. The number of halogens is 2. The average Bonchev–Trinajstić information content (AvgIpc) is 3.58. The van der Waals surface area contributed by atoms with Crippen LogP contribution in [0.15, 0.2) is 48.5 Å². The first-order valence-corrected chi connectivity index (χ1v) is 13.7. The lowest BCUT2D eigenvalue weighted by Gasteiger charge is -2.34. The molecule has 4 aliphatic rings. The number of nitrogens with one attached hydrogen (secondary N) is 2. The summed E-state index contributed by atoms with van der Waals surface area (Å²) in [5.41, 5.74) is -0.163. The summed E-state index contributed by atoms with van der Waals surface area (Å²) >= 11 is 0. The summed E-state index contributed by atoms with van der Waals surface area (Å²) in [6.45, 7) is 0.175. The zero-order chi connectivity index (χ0) is 28.2. The average molecular weight is 549 g/mol. The van der Waals surface area contributed by atoms with Gasteiger partial charge in [0.1, 0.15) is 12.1 Å². The molecule has 10 heteroatoms. The number of rotatable bonds is 5. The lowest BCUT2D eigenvalue weighted by Crippen LogP contribution is -2.56. The van der Waals surface area contributed by atoms with E-state index in [2.05, 4.69) is 10.6 Å². The van der Waals surface area contributed by atoms with E-state index in [0.29, 0.717) is 35.2 Å². The first-order valence-electron chi connectivity index (χ1n) is 13.7. The minimum Gasteiger partial charge on any atom is -0.372 e. The summed E-state index contributed by atoms with van der Waals surface area (Å²) in [6.07, 6.45) is 1.07. The molecule has 2 aromatic carbocycles. The molecular formula is C30H30F2N4O4. The van der Waals surface area contributed by atoms with Crippen LogP contribution >= 0.6 is 0 Å². The quantitative estimate of drug-likeness (QED) is 0.531. The molecule has 2 aliphatic heterocycles. The molecule has 3 fully saturated rings. The van der Waals surface area contributed by atoms with Gasteiger partial charge in [0.05, 0.1) is 6.07 Å². The number of alkyl halides is 2. The number of likely N-dealkylation sites (tertiary alicyclic amines) is 1. The van der Waals surface area contributed by atoms with Crippen molar-refractivity contribution in [3.05, 3.63) is 59.7 Å². The number of nitrogens with zero attached hydrogens (tertiary/aromatic N) is 2. The third kappa shape index (κ3) is 3.98. The van der Waals surface area contributed by atoms with Crippen LogP contribution in [0.1, 0.15) is 43.2 Å². The van der Waals surface area contributed by atoms with Crippen molar-refractivity contribution in [1.82, 2.24) is 15.5 Å². The van der Waals surface area contributed by atoms with Gasteiger partial charge in [-0.15, -0.1) is 0 Å². The van der Waals surface area contributed by atoms with Crippen molar-refractivity contribution in [2.75, 3.05) is 13.1 Å². The number of benzene rings is 2. The zero-order valence-electron chi connectivity index (χ0n) is 21.8. The zero-order valence-corrected chi connectivity index (χ0v) is 21.8. The number of carbonyl (C=O) groups excluding carboxylic acids is 3. The van der Waals surface area contributed by atoms with Gasteiger partial charge in [-0.3, -0.25) is 14.4 Å². The molecule has 0 radical (unpaired) electrons. The predicted molar refractivity (Wildman–Crippen MR) is 139 cm³/mol. The number of carbonyl (C=O) groups is 3. The Labute approximate surface area is 230 Å². The Kier molecular flexibility index (Phi) is 6.37. The van der Waals surface area contributed by atoms with Crippen LogP contribution < -0.4 is 10.6 Å².